The molecule has 0 aromatic heterocycles. The molecule has 0 aliphatic carbocycles. The van der Waals surface area contributed by atoms with Crippen molar-refractivity contribution in [3.8, 4) is 0 Å². The zero-order valence-corrected chi connectivity index (χ0v) is 8.11. The summed E-state index contributed by atoms with van der Waals surface area (Å²) in [6.45, 7) is -0.589. The Morgan fingerprint density at radius 1 is 1.20 bits per heavy atom. The number of alkyl halides is 1. The molecule has 1 aromatic carbocycles. The van der Waals surface area contributed by atoms with Crippen LogP contribution in [0.25, 0.3) is 0 Å². The van der Waals surface area contributed by atoms with Gasteiger partial charge in [0.05, 0.1) is 12.2 Å². The molecule has 0 spiro atoms. The highest BCUT2D eigenvalue weighted by Gasteiger charge is 2.11. The van der Waals surface area contributed by atoms with Crippen LogP contribution in [0.15, 0.2) is 30.3 Å². The van der Waals surface area contributed by atoms with Gasteiger partial charge >= 0.3 is 11.9 Å². The standard InChI is InChI=1S/C11H11FO3/c12-8-4-7-10(13)15-11(14)9-5-2-1-3-6-9/h1-3,5-6H,4,7-8H2. The highest BCUT2D eigenvalue weighted by atomic mass is 19.1. The summed E-state index contributed by atoms with van der Waals surface area (Å²) in [6.07, 6.45) is 0.00990. The number of benzene rings is 1. The number of halogens is 1. The molecule has 0 radical (unpaired) electrons. The van der Waals surface area contributed by atoms with Gasteiger partial charge in [0.25, 0.3) is 0 Å². The van der Waals surface area contributed by atoms with E-state index in [0.717, 1.165) is 0 Å². The number of ether oxygens (including phenoxy) is 1. The van der Waals surface area contributed by atoms with Crippen molar-refractivity contribution in [1.29, 1.82) is 0 Å². The van der Waals surface area contributed by atoms with Crippen molar-refractivity contribution in [2.45, 2.75) is 12.8 Å². The Hall–Kier alpha value is -1.71. The van der Waals surface area contributed by atoms with Crippen LogP contribution in [0.5, 0.6) is 0 Å². The van der Waals surface area contributed by atoms with Crippen molar-refractivity contribution < 1.29 is 18.7 Å². The molecule has 3 nitrogen and oxygen atoms in total. The van der Waals surface area contributed by atoms with E-state index in [1.54, 1.807) is 30.3 Å². The normalized spacial score (nSPS) is 9.67. The smallest absolute Gasteiger partial charge is 0.345 e. The van der Waals surface area contributed by atoms with Gasteiger partial charge in [-0.25, -0.2) is 4.79 Å². The summed E-state index contributed by atoms with van der Waals surface area (Å²) in [4.78, 5) is 22.3. The van der Waals surface area contributed by atoms with E-state index in [0.29, 0.717) is 5.56 Å². The van der Waals surface area contributed by atoms with Crippen LogP contribution in [0.3, 0.4) is 0 Å². The van der Waals surface area contributed by atoms with Gasteiger partial charge in [0.2, 0.25) is 0 Å². The Kier molecular flexibility index (Phi) is 4.47. The first-order valence-electron chi connectivity index (χ1n) is 4.60. The minimum absolute atomic E-state index is 0.0743. The molecule has 4 heteroatoms. The third-order valence-electron chi connectivity index (χ3n) is 1.73. The van der Waals surface area contributed by atoms with E-state index in [9.17, 15) is 14.0 Å². The van der Waals surface area contributed by atoms with Gasteiger partial charge in [-0.15, -0.1) is 0 Å². The predicted molar refractivity (Wildman–Crippen MR) is 52.1 cm³/mol. The molecular weight excluding hydrogens is 199 g/mol. The van der Waals surface area contributed by atoms with E-state index in [-0.39, 0.29) is 12.8 Å². The lowest BCUT2D eigenvalue weighted by Crippen LogP contribution is -2.12. The summed E-state index contributed by atoms with van der Waals surface area (Å²) in [5, 5.41) is 0. The SMILES string of the molecule is O=C(CCCF)OC(=O)c1ccccc1. The molecule has 0 bridgehead atoms. The van der Waals surface area contributed by atoms with Crippen molar-refractivity contribution in [2.24, 2.45) is 0 Å². The molecule has 0 N–H and O–H groups in total. The van der Waals surface area contributed by atoms with Crippen LogP contribution in [0.1, 0.15) is 23.2 Å². The van der Waals surface area contributed by atoms with E-state index in [1.807, 2.05) is 0 Å². The molecule has 0 amide bonds. The summed E-state index contributed by atoms with van der Waals surface area (Å²) in [6, 6.07) is 8.18. The maximum atomic E-state index is 11.7. The molecule has 15 heavy (non-hydrogen) atoms. The maximum absolute atomic E-state index is 11.7. The fraction of sp³-hybridized carbons (Fsp3) is 0.273. The Morgan fingerprint density at radius 3 is 2.47 bits per heavy atom. The molecule has 1 aromatic rings. The van der Waals surface area contributed by atoms with E-state index in [1.165, 1.54) is 0 Å². The third kappa shape index (κ3) is 3.89. The van der Waals surface area contributed by atoms with Crippen molar-refractivity contribution >= 4 is 11.9 Å². The predicted octanol–water partition coefficient (Wildman–Crippen LogP) is 2.12. The summed E-state index contributed by atoms with van der Waals surface area (Å²) < 4.78 is 16.2. The Bertz CT molecular complexity index is 335. The van der Waals surface area contributed by atoms with Gasteiger partial charge in [-0.1, -0.05) is 18.2 Å². The molecule has 0 saturated heterocycles. The lowest BCUT2D eigenvalue weighted by atomic mass is 10.2. The van der Waals surface area contributed by atoms with Gasteiger partial charge in [-0.3, -0.25) is 9.18 Å². The Labute approximate surface area is 86.9 Å². The van der Waals surface area contributed by atoms with Crippen LogP contribution in [0, 0.1) is 0 Å². The molecule has 1 rings (SSSR count). The number of hydrogen-bond acceptors (Lipinski definition) is 3. The molecule has 0 heterocycles. The highest BCUT2D eigenvalue weighted by molar-refractivity contribution is 5.96. The van der Waals surface area contributed by atoms with Gasteiger partial charge in [0.1, 0.15) is 0 Å². The summed E-state index contributed by atoms with van der Waals surface area (Å²) in [5.41, 5.74) is 0.311. The second-order valence-corrected chi connectivity index (χ2v) is 2.92. The summed E-state index contributed by atoms with van der Waals surface area (Å²) >= 11 is 0. The topological polar surface area (TPSA) is 43.4 Å². The zero-order chi connectivity index (χ0) is 11.1. The maximum Gasteiger partial charge on any atom is 0.345 e. The van der Waals surface area contributed by atoms with Crippen LogP contribution in [0.4, 0.5) is 4.39 Å². The van der Waals surface area contributed by atoms with Crippen LogP contribution in [-0.4, -0.2) is 18.6 Å². The van der Waals surface area contributed by atoms with Gasteiger partial charge in [0, 0.05) is 6.42 Å². The minimum Gasteiger partial charge on any atom is -0.389 e. The summed E-state index contributed by atoms with van der Waals surface area (Å²) in [5.74, 6) is -1.39. The van der Waals surface area contributed by atoms with Crippen molar-refractivity contribution in [1.82, 2.24) is 0 Å². The highest BCUT2D eigenvalue weighted by Crippen LogP contribution is 2.03. The molecular formula is C11H11FO3. The van der Waals surface area contributed by atoms with Gasteiger partial charge in [-0.2, -0.15) is 0 Å². The van der Waals surface area contributed by atoms with Crippen LogP contribution in [0.2, 0.25) is 0 Å². The average molecular weight is 210 g/mol. The second kappa shape index (κ2) is 5.90. The van der Waals surface area contributed by atoms with Crippen LogP contribution < -0.4 is 0 Å². The van der Waals surface area contributed by atoms with Gasteiger partial charge in [-0.05, 0) is 18.6 Å². The number of carbonyl (C=O) groups excluding carboxylic acids is 2. The van der Waals surface area contributed by atoms with Crippen molar-refractivity contribution in [3.05, 3.63) is 35.9 Å². The first-order chi connectivity index (χ1) is 7.24. The van der Waals surface area contributed by atoms with E-state index < -0.39 is 18.6 Å². The number of carbonyl (C=O) groups is 2. The van der Waals surface area contributed by atoms with Gasteiger partial charge in [0.15, 0.2) is 0 Å². The Morgan fingerprint density at radius 2 is 1.87 bits per heavy atom. The fourth-order valence-corrected chi connectivity index (χ4v) is 0.999. The Balaban J connectivity index is 2.46. The quantitative estimate of drug-likeness (QED) is 0.564. The molecule has 0 fully saturated rings. The largest absolute Gasteiger partial charge is 0.389 e. The molecule has 0 aliphatic rings. The first-order valence-corrected chi connectivity index (χ1v) is 4.60. The molecule has 0 aliphatic heterocycles. The fourth-order valence-electron chi connectivity index (χ4n) is 0.999. The van der Waals surface area contributed by atoms with E-state index in [2.05, 4.69) is 4.74 Å². The van der Waals surface area contributed by atoms with Crippen LogP contribution >= 0.6 is 0 Å². The van der Waals surface area contributed by atoms with Crippen molar-refractivity contribution in [2.75, 3.05) is 6.67 Å². The van der Waals surface area contributed by atoms with E-state index >= 15 is 0 Å². The minimum atomic E-state index is -0.695. The number of hydrogen-bond donors (Lipinski definition) is 0. The first kappa shape index (κ1) is 11.4. The van der Waals surface area contributed by atoms with Crippen molar-refractivity contribution in [3.63, 3.8) is 0 Å². The van der Waals surface area contributed by atoms with Gasteiger partial charge < -0.3 is 4.74 Å². The van der Waals surface area contributed by atoms with E-state index in [4.69, 9.17) is 0 Å². The lowest BCUT2D eigenvalue weighted by Gasteiger charge is -2.01. The third-order valence-corrected chi connectivity index (χ3v) is 1.73. The lowest BCUT2D eigenvalue weighted by molar-refractivity contribution is -0.138. The molecule has 80 valence electrons. The molecule has 0 saturated carbocycles. The molecule has 0 unspecified atom stereocenters. The average Bonchev–Trinajstić information content (AvgIpc) is 2.27. The van der Waals surface area contributed by atoms with Crippen LogP contribution in [-0.2, 0) is 9.53 Å². The second-order valence-electron chi connectivity index (χ2n) is 2.92. The number of rotatable bonds is 4. The molecule has 0 atom stereocenters. The monoisotopic (exact) mass is 210 g/mol. The zero-order valence-electron chi connectivity index (χ0n) is 8.11. The summed E-state index contributed by atoms with van der Waals surface area (Å²) in [7, 11) is 0. The number of esters is 2.